The third kappa shape index (κ3) is 3.24. The van der Waals surface area contributed by atoms with Crippen LogP contribution in [0.2, 0.25) is 0 Å². The first kappa shape index (κ1) is 20.0. The van der Waals surface area contributed by atoms with Crippen LogP contribution in [0.1, 0.15) is 18.5 Å². The lowest BCUT2D eigenvalue weighted by atomic mass is 9.97. The van der Waals surface area contributed by atoms with Crippen LogP contribution in [-0.4, -0.2) is 43.9 Å². The van der Waals surface area contributed by atoms with Crippen molar-refractivity contribution in [1.82, 2.24) is 24.6 Å². The monoisotopic (exact) mass is 443 g/mol. The van der Waals surface area contributed by atoms with Crippen molar-refractivity contribution in [2.75, 3.05) is 12.4 Å². The molecule has 0 unspecified atom stereocenters. The van der Waals surface area contributed by atoms with Crippen molar-refractivity contribution in [3.05, 3.63) is 42.5 Å². The number of carbonyl (C=O) groups excluding carboxylic acids is 1. The van der Waals surface area contributed by atoms with Crippen molar-refractivity contribution in [2.24, 2.45) is 5.73 Å². The summed E-state index contributed by atoms with van der Waals surface area (Å²) in [5.41, 5.74) is 6.22. The number of primary amides is 1. The molecule has 1 amide bonds. The van der Waals surface area contributed by atoms with E-state index in [4.69, 9.17) is 5.73 Å². The maximum absolute atomic E-state index is 12.5. The number of aromatic nitrogens is 5. The lowest BCUT2D eigenvalue weighted by molar-refractivity contribution is -0.274. The van der Waals surface area contributed by atoms with Gasteiger partial charge in [-0.05, 0) is 31.0 Å². The molecule has 3 N–H and O–H groups in total. The van der Waals surface area contributed by atoms with Crippen LogP contribution in [0.25, 0.3) is 27.8 Å². The second-order valence-electron chi connectivity index (χ2n) is 7.48. The first-order chi connectivity index (χ1) is 15.2. The maximum atomic E-state index is 12.5. The number of anilines is 1. The Hall–Kier alpha value is -3.96. The summed E-state index contributed by atoms with van der Waals surface area (Å²) in [5, 5.41) is 8.66. The lowest BCUT2D eigenvalue weighted by Crippen LogP contribution is -2.29. The molecule has 1 aliphatic rings. The van der Waals surface area contributed by atoms with Crippen LogP contribution in [0.4, 0.5) is 19.0 Å². The number of nitrogens with one attached hydrogen (secondary N) is 1. The number of fused-ring (bicyclic) bond motifs is 2. The van der Waals surface area contributed by atoms with Crippen LogP contribution in [-0.2, 0) is 10.2 Å². The van der Waals surface area contributed by atoms with E-state index >= 15 is 0 Å². The van der Waals surface area contributed by atoms with Crippen LogP contribution in [0.15, 0.2) is 36.8 Å². The summed E-state index contributed by atoms with van der Waals surface area (Å²) >= 11 is 0. The third-order valence-electron chi connectivity index (χ3n) is 5.50. The number of ether oxygens (including phenoxy) is 1. The molecule has 9 nitrogen and oxygen atoms in total. The van der Waals surface area contributed by atoms with E-state index in [9.17, 15) is 18.0 Å². The van der Waals surface area contributed by atoms with Gasteiger partial charge < -0.3 is 15.8 Å². The summed E-state index contributed by atoms with van der Waals surface area (Å²) in [6.07, 6.45) is 0.688. The van der Waals surface area contributed by atoms with Gasteiger partial charge in [-0.1, -0.05) is 0 Å². The minimum absolute atomic E-state index is 0.246. The van der Waals surface area contributed by atoms with Crippen LogP contribution in [0.5, 0.6) is 5.75 Å². The zero-order chi connectivity index (χ0) is 22.7. The molecule has 32 heavy (non-hydrogen) atoms. The quantitative estimate of drug-likeness (QED) is 0.487. The minimum Gasteiger partial charge on any atom is -0.404 e. The van der Waals surface area contributed by atoms with Gasteiger partial charge in [-0.15, -0.1) is 18.3 Å². The Kier molecular flexibility index (Phi) is 4.23. The molecule has 5 rings (SSSR count). The predicted molar refractivity (Wildman–Crippen MR) is 108 cm³/mol. The molecular formula is C20H16F3N7O2. The van der Waals surface area contributed by atoms with E-state index in [1.165, 1.54) is 10.6 Å². The summed E-state index contributed by atoms with van der Waals surface area (Å²) in [6.45, 7) is 0. The molecule has 0 saturated heterocycles. The molecule has 4 aromatic rings. The number of amides is 1. The fraction of sp³-hybridized carbons (Fsp3) is 0.250. The number of nitrogens with two attached hydrogens (primary N) is 1. The molecule has 0 spiro atoms. The first-order valence-corrected chi connectivity index (χ1v) is 9.60. The molecule has 0 radical (unpaired) electrons. The van der Waals surface area contributed by atoms with E-state index in [-0.39, 0.29) is 5.82 Å². The number of halogens is 3. The Labute approximate surface area is 178 Å². The van der Waals surface area contributed by atoms with Crippen molar-refractivity contribution in [2.45, 2.75) is 24.6 Å². The molecular weight excluding hydrogens is 427 g/mol. The maximum Gasteiger partial charge on any atom is 0.573 e. The van der Waals surface area contributed by atoms with Crippen molar-refractivity contribution in [3.63, 3.8) is 0 Å². The molecule has 4 aromatic heterocycles. The van der Waals surface area contributed by atoms with Gasteiger partial charge in [-0.25, -0.2) is 14.5 Å². The van der Waals surface area contributed by atoms with Gasteiger partial charge in [0.1, 0.15) is 11.6 Å². The Morgan fingerprint density at radius 1 is 1.22 bits per heavy atom. The fourth-order valence-electron chi connectivity index (χ4n) is 3.70. The topological polar surface area (TPSA) is 120 Å². The minimum atomic E-state index is -4.82. The Bertz CT molecular complexity index is 1380. The molecule has 0 atom stereocenters. The van der Waals surface area contributed by atoms with Gasteiger partial charge >= 0.3 is 6.36 Å². The number of pyridine rings is 3. The summed E-state index contributed by atoms with van der Waals surface area (Å²) in [6, 6.07) is 4.30. The highest BCUT2D eigenvalue weighted by molar-refractivity contribution is 6.01. The van der Waals surface area contributed by atoms with Crippen molar-refractivity contribution in [1.29, 1.82) is 0 Å². The second kappa shape index (κ2) is 6.77. The smallest absolute Gasteiger partial charge is 0.404 e. The number of hydrogen-bond donors (Lipinski definition) is 2. The SMILES string of the molecule is CNc1ncc(-c2nc3ccc(OC(F)(F)F)cn3n2)c2cc(C3(C(N)=O)CC3)ncc12. The summed E-state index contributed by atoms with van der Waals surface area (Å²) < 4.78 is 42.7. The van der Waals surface area contributed by atoms with Gasteiger partial charge in [-0.3, -0.25) is 9.78 Å². The molecule has 164 valence electrons. The molecule has 1 aliphatic carbocycles. The van der Waals surface area contributed by atoms with E-state index in [0.29, 0.717) is 46.3 Å². The highest BCUT2D eigenvalue weighted by Gasteiger charge is 2.51. The molecule has 4 heterocycles. The molecule has 12 heteroatoms. The van der Waals surface area contributed by atoms with Crippen LogP contribution in [0, 0.1) is 0 Å². The van der Waals surface area contributed by atoms with E-state index < -0.39 is 23.4 Å². The van der Waals surface area contributed by atoms with Gasteiger partial charge in [-0.2, -0.15) is 0 Å². The second-order valence-corrected chi connectivity index (χ2v) is 7.48. The Morgan fingerprint density at radius 2 is 2.00 bits per heavy atom. The Morgan fingerprint density at radius 3 is 2.66 bits per heavy atom. The third-order valence-corrected chi connectivity index (χ3v) is 5.50. The standard InChI is InChI=1S/C20H16F3N7O2/c1-25-16-12-7-26-14(19(4-5-19)18(24)31)6-11(12)13(8-27-16)17-28-15-3-2-10(9-30(15)29-17)32-20(21,22)23/h2-3,6-9H,4-5H2,1H3,(H2,24,31)(H,25,27). The van der Waals surface area contributed by atoms with Gasteiger partial charge in [0, 0.05) is 35.8 Å². The molecule has 1 saturated carbocycles. The number of carbonyl (C=O) groups is 1. The zero-order valence-electron chi connectivity index (χ0n) is 16.6. The van der Waals surface area contributed by atoms with Gasteiger partial charge in [0.25, 0.3) is 0 Å². The van der Waals surface area contributed by atoms with Crippen molar-refractivity contribution in [3.8, 4) is 17.1 Å². The predicted octanol–water partition coefficient (Wildman–Crippen LogP) is 2.80. The first-order valence-electron chi connectivity index (χ1n) is 9.60. The average molecular weight is 443 g/mol. The summed E-state index contributed by atoms with van der Waals surface area (Å²) in [4.78, 5) is 25.2. The van der Waals surface area contributed by atoms with Crippen LogP contribution < -0.4 is 15.8 Å². The summed E-state index contributed by atoms with van der Waals surface area (Å²) in [5.74, 6) is -0.0397. The van der Waals surface area contributed by atoms with E-state index in [1.54, 1.807) is 25.5 Å². The number of alkyl halides is 3. The van der Waals surface area contributed by atoms with E-state index in [2.05, 4.69) is 30.1 Å². The Balaban J connectivity index is 1.66. The van der Waals surface area contributed by atoms with Crippen LogP contribution >= 0.6 is 0 Å². The molecule has 0 aliphatic heterocycles. The number of rotatable bonds is 5. The largest absolute Gasteiger partial charge is 0.573 e. The molecule has 0 aromatic carbocycles. The van der Waals surface area contributed by atoms with Crippen molar-refractivity contribution >= 4 is 28.1 Å². The zero-order valence-corrected chi connectivity index (χ0v) is 16.6. The highest BCUT2D eigenvalue weighted by atomic mass is 19.4. The normalized spacial score (nSPS) is 15.1. The van der Waals surface area contributed by atoms with Crippen molar-refractivity contribution < 1.29 is 22.7 Å². The highest BCUT2D eigenvalue weighted by Crippen LogP contribution is 2.48. The van der Waals surface area contributed by atoms with Gasteiger partial charge in [0.05, 0.1) is 17.3 Å². The fourth-order valence-corrected chi connectivity index (χ4v) is 3.70. The molecule has 0 bridgehead atoms. The van der Waals surface area contributed by atoms with Crippen LogP contribution in [0.3, 0.4) is 0 Å². The van der Waals surface area contributed by atoms with Gasteiger partial charge in [0.15, 0.2) is 11.5 Å². The van der Waals surface area contributed by atoms with E-state index in [0.717, 1.165) is 12.3 Å². The lowest BCUT2D eigenvalue weighted by Gasteiger charge is -2.13. The molecule has 1 fully saturated rings. The average Bonchev–Trinajstić information content (AvgIpc) is 3.46. The van der Waals surface area contributed by atoms with Gasteiger partial charge in [0.2, 0.25) is 5.91 Å². The number of nitrogens with zero attached hydrogens (tertiary/aromatic N) is 5. The summed E-state index contributed by atoms with van der Waals surface area (Å²) in [7, 11) is 1.71. The van der Waals surface area contributed by atoms with E-state index in [1.807, 2.05) is 0 Å². The number of hydrogen-bond acceptors (Lipinski definition) is 7.